The molecule has 5 rings (SSSR count). The number of aliphatic hydroxyl groups is 1. The fourth-order valence-electron chi connectivity index (χ4n) is 7.99. The molecular weight excluding hydrogens is 396 g/mol. The molecule has 154 valence electrons. The zero-order valence-electron chi connectivity index (χ0n) is 17.4. The molecule has 3 nitrogen and oxygen atoms in total. The number of thioether (sulfide) groups is 1. The molecule has 0 radical (unpaired) electrons. The maximum Gasteiger partial charge on any atom is 0.110 e. The van der Waals surface area contributed by atoms with Gasteiger partial charge in [0.1, 0.15) is 10.9 Å². The topological polar surface area (TPSA) is 67.8 Å². The van der Waals surface area contributed by atoms with Crippen molar-refractivity contribution < 1.29 is 5.11 Å². The highest BCUT2D eigenvalue weighted by Gasteiger charge is 2.60. The fraction of sp³-hybridized carbons (Fsp3) is 0.750. The van der Waals surface area contributed by atoms with Gasteiger partial charge in [-0.15, -0.1) is 11.3 Å². The molecule has 1 N–H and O–H groups in total. The molecule has 3 saturated carbocycles. The molecule has 1 aromatic rings. The first-order valence-corrected chi connectivity index (χ1v) is 13.0. The first kappa shape index (κ1) is 19.9. The molecule has 0 saturated heterocycles. The van der Waals surface area contributed by atoms with Gasteiger partial charge < -0.3 is 5.11 Å². The molecule has 29 heavy (non-hydrogen) atoms. The Labute approximate surface area is 182 Å². The Morgan fingerprint density at radius 1 is 1.14 bits per heavy atom. The fourth-order valence-corrected chi connectivity index (χ4v) is 10.2. The Morgan fingerprint density at radius 2 is 1.97 bits per heavy atom. The van der Waals surface area contributed by atoms with Gasteiger partial charge in [0.15, 0.2) is 0 Å². The first-order chi connectivity index (χ1) is 13.9. The standard InChI is InChI=1S/C24H30N2OS2/c1-23-7-5-15(27)11-14(23)3-4-16-18(23)6-8-24(2)19(16)12-17-21(24)20(13-26)29-22(17)28-10-9-25/h14-16,18-19,27H,3-8,10-12H2,1-2H3/t14-,15-,16+,18-,19-,23-,24-/m0/s1. The van der Waals surface area contributed by atoms with E-state index >= 15 is 0 Å². The van der Waals surface area contributed by atoms with Crippen LogP contribution < -0.4 is 0 Å². The smallest absolute Gasteiger partial charge is 0.110 e. The molecule has 0 spiro atoms. The number of fused-ring (bicyclic) bond motifs is 7. The summed E-state index contributed by atoms with van der Waals surface area (Å²) in [6.45, 7) is 4.97. The van der Waals surface area contributed by atoms with Gasteiger partial charge in [-0.25, -0.2) is 0 Å². The highest BCUT2D eigenvalue weighted by Crippen LogP contribution is 2.67. The van der Waals surface area contributed by atoms with Gasteiger partial charge in [0, 0.05) is 0 Å². The van der Waals surface area contributed by atoms with E-state index in [0.717, 1.165) is 36.0 Å². The molecule has 3 fully saturated rings. The molecule has 0 unspecified atom stereocenters. The maximum atomic E-state index is 10.2. The van der Waals surface area contributed by atoms with E-state index in [0.29, 0.717) is 23.0 Å². The van der Waals surface area contributed by atoms with Crippen molar-refractivity contribution in [2.24, 2.45) is 29.1 Å². The van der Waals surface area contributed by atoms with E-state index in [1.807, 2.05) is 0 Å². The van der Waals surface area contributed by atoms with Gasteiger partial charge in [0.05, 0.1) is 22.1 Å². The van der Waals surface area contributed by atoms with Crippen LogP contribution in [-0.4, -0.2) is 17.0 Å². The Hall–Kier alpha value is -1.01. The monoisotopic (exact) mass is 426 g/mol. The Morgan fingerprint density at radius 3 is 2.72 bits per heavy atom. The van der Waals surface area contributed by atoms with Crippen LogP contribution >= 0.6 is 23.1 Å². The van der Waals surface area contributed by atoms with Gasteiger partial charge in [0.2, 0.25) is 0 Å². The highest BCUT2D eigenvalue weighted by molar-refractivity contribution is 8.01. The number of hydrogen-bond donors (Lipinski definition) is 1. The van der Waals surface area contributed by atoms with Crippen molar-refractivity contribution >= 4 is 23.1 Å². The van der Waals surface area contributed by atoms with Crippen LogP contribution in [0.2, 0.25) is 0 Å². The largest absolute Gasteiger partial charge is 0.393 e. The molecule has 4 aliphatic rings. The number of nitriles is 2. The third kappa shape index (κ3) is 2.77. The van der Waals surface area contributed by atoms with E-state index in [1.165, 1.54) is 47.4 Å². The zero-order chi connectivity index (χ0) is 20.4. The minimum atomic E-state index is -0.0884. The van der Waals surface area contributed by atoms with E-state index in [2.05, 4.69) is 26.0 Å². The van der Waals surface area contributed by atoms with Crippen molar-refractivity contribution in [1.29, 1.82) is 10.5 Å². The van der Waals surface area contributed by atoms with E-state index in [9.17, 15) is 10.4 Å². The summed E-state index contributed by atoms with van der Waals surface area (Å²) in [5.74, 6) is 3.29. The highest BCUT2D eigenvalue weighted by atomic mass is 32.2. The lowest BCUT2D eigenvalue weighted by Crippen LogP contribution is -2.54. The second-order valence-electron chi connectivity index (χ2n) is 10.4. The van der Waals surface area contributed by atoms with Crippen molar-refractivity contribution in [3.8, 4) is 12.1 Å². The lowest BCUT2D eigenvalue weighted by atomic mass is 9.45. The van der Waals surface area contributed by atoms with Gasteiger partial charge in [-0.05, 0) is 97.0 Å². The van der Waals surface area contributed by atoms with Gasteiger partial charge in [-0.2, -0.15) is 10.5 Å². The molecule has 1 aromatic heterocycles. The van der Waals surface area contributed by atoms with Crippen LogP contribution in [0.4, 0.5) is 0 Å². The third-order valence-corrected chi connectivity index (χ3v) is 11.7. The summed E-state index contributed by atoms with van der Waals surface area (Å²) in [5.41, 5.74) is 3.27. The molecule has 7 atom stereocenters. The minimum absolute atomic E-state index is 0.0884. The van der Waals surface area contributed by atoms with E-state index in [1.54, 1.807) is 23.1 Å². The quantitative estimate of drug-likeness (QED) is 0.620. The lowest BCUT2D eigenvalue weighted by molar-refractivity contribution is -0.111. The van der Waals surface area contributed by atoms with Crippen molar-refractivity contribution in [3.05, 3.63) is 16.0 Å². The van der Waals surface area contributed by atoms with Crippen LogP contribution in [-0.2, 0) is 11.8 Å². The predicted octanol–water partition coefficient (Wildman–Crippen LogP) is 5.65. The van der Waals surface area contributed by atoms with Crippen LogP contribution in [0.1, 0.15) is 74.8 Å². The number of nitrogens with zero attached hydrogens (tertiary/aromatic N) is 2. The Kier molecular flexibility index (Phi) is 4.82. The van der Waals surface area contributed by atoms with Crippen LogP contribution in [0.5, 0.6) is 0 Å². The molecule has 0 bridgehead atoms. The molecule has 0 amide bonds. The van der Waals surface area contributed by atoms with Crippen molar-refractivity contribution in [3.63, 3.8) is 0 Å². The summed E-state index contributed by atoms with van der Waals surface area (Å²) in [6, 6.07) is 4.76. The Bertz CT molecular complexity index is 911. The van der Waals surface area contributed by atoms with Gasteiger partial charge in [-0.1, -0.05) is 25.6 Å². The van der Waals surface area contributed by atoms with E-state index in [-0.39, 0.29) is 11.5 Å². The van der Waals surface area contributed by atoms with E-state index < -0.39 is 0 Å². The van der Waals surface area contributed by atoms with Crippen LogP contribution in [0.15, 0.2) is 4.21 Å². The van der Waals surface area contributed by atoms with Gasteiger partial charge >= 0.3 is 0 Å². The maximum absolute atomic E-state index is 10.2. The number of aliphatic hydroxyl groups excluding tert-OH is 1. The molecular formula is C24H30N2OS2. The SMILES string of the molecule is C[C@]12CC[C@H](O)C[C@@H]1CC[C@@H]1[C@@H]2CC[C@]2(C)c3c(C#N)sc(SCC#N)c3C[C@@H]12. The van der Waals surface area contributed by atoms with Crippen LogP contribution in [0, 0.1) is 51.7 Å². The molecule has 1 heterocycles. The van der Waals surface area contributed by atoms with Crippen molar-refractivity contribution in [2.45, 2.75) is 80.9 Å². The number of hydrogen-bond acceptors (Lipinski definition) is 5. The average molecular weight is 427 g/mol. The summed E-state index contributed by atoms with van der Waals surface area (Å²) in [4.78, 5) is 0.907. The lowest BCUT2D eigenvalue weighted by Gasteiger charge is -2.60. The summed E-state index contributed by atoms with van der Waals surface area (Å²) < 4.78 is 1.23. The summed E-state index contributed by atoms with van der Waals surface area (Å²) in [7, 11) is 0. The summed E-state index contributed by atoms with van der Waals surface area (Å²) in [5, 5.41) is 29.2. The average Bonchev–Trinajstić information content (AvgIpc) is 3.22. The van der Waals surface area contributed by atoms with Crippen LogP contribution in [0.3, 0.4) is 0 Å². The number of rotatable bonds is 2. The predicted molar refractivity (Wildman–Crippen MR) is 117 cm³/mol. The second-order valence-corrected chi connectivity index (χ2v) is 12.6. The summed E-state index contributed by atoms with van der Waals surface area (Å²) in [6.07, 6.45) is 9.16. The van der Waals surface area contributed by atoms with Crippen LogP contribution in [0.25, 0.3) is 0 Å². The van der Waals surface area contributed by atoms with Gasteiger partial charge in [0.25, 0.3) is 0 Å². The second kappa shape index (κ2) is 7.01. The molecule has 4 aliphatic carbocycles. The minimum Gasteiger partial charge on any atom is -0.393 e. The number of thiophene rings is 1. The first-order valence-electron chi connectivity index (χ1n) is 11.2. The third-order valence-electron chi connectivity index (χ3n) is 9.36. The molecule has 0 aliphatic heterocycles. The molecule has 5 heteroatoms. The van der Waals surface area contributed by atoms with E-state index in [4.69, 9.17) is 5.26 Å². The molecule has 0 aromatic carbocycles. The van der Waals surface area contributed by atoms with Gasteiger partial charge in [-0.3, -0.25) is 0 Å². The normalized spacial score (nSPS) is 42.7. The Balaban J connectivity index is 1.50. The zero-order valence-corrected chi connectivity index (χ0v) is 19.0. The summed E-state index contributed by atoms with van der Waals surface area (Å²) >= 11 is 3.26. The van der Waals surface area contributed by atoms with Crippen molar-refractivity contribution in [2.75, 3.05) is 5.75 Å². The van der Waals surface area contributed by atoms with Crippen molar-refractivity contribution in [1.82, 2.24) is 0 Å².